The Morgan fingerprint density at radius 2 is 2.44 bits per heavy atom. The maximum atomic E-state index is 11.1. The number of thiophene rings is 1. The molecule has 96 valence electrons. The molecular formula is C12H15N3O2S. The predicted molar refractivity (Wildman–Crippen MR) is 70.6 cm³/mol. The lowest BCUT2D eigenvalue weighted by Gasteiger charge is -2.04. The highest BCUT2D eigenvalue weighted by molar-refractivity contribution is 7.13. The zero-order chi connectivity index (χ0) is 12.8. The van der Waals surface area contributed by atoms with Crippen LogP contribution in [0.5, 0.6) is 0 Å². The summed E-state index contributed by atoms with van der Waals surface area (Å²) in [5.41, 5.74) is 0.959. The van der Waals surface area contributed by atoms with Gasteiger partial charge in [-0.15, -0.1) is 11.3 Å². The zero-order valence-electron chi connectivity index (χ0n) is 10.1. The molecule has 2 heterocycles. The van der Waals surface area contributed by atoms with Gasteiger partial charge in [0.15, 0.2) is 0 Å². The van der Waals surface area contributed by atoms with Gasteiger partial charge >= 0.3 is 6.09 Å². The molecule has 0 spiro atoms. The van der Waals surface area contributed by atoms with Crippen molar-refractivity contribution in [2.24, 2.45) is 0 Å². The van der Waals surface area contributed by atoms with Crippen molar-refractivity contribution in [3.8, 4) is 10.6 Å². The Kier molecular flexibility index (Phi) is 4.35. The molecule has 5 nitrogen and oxygen atoms in total. The van der Waals surface area contributed by atoms with Crippen molar-refractivity contribution in [1.82, 2.24) is 15.1 Å². The number of carbonyl (C=O) groups is 1. The van der Waals surface area contributed by atoms with E-state index < -0.39 is 0 Å². The van der Waals surface area contributed by atoms with Gasteiger partial charge < -0.3 is 10.1 Å². The van der Waals surface area contributed by atoms with Gasteiger partial charge in [0, 0.05) is 12.7 Å². The molecule has 0 unspecified atom stereocenters. The number of nitrogens with zero attached hydrogens (tertiary/aromatic N) is 2. The summed E-state index contributed by atoms with van der Waals surface area (Å²) in [7, 11) is 0. The Morgan fingerprint density at radius 1 is 1.56 bits per heavy atom. The maximum absolute atomic E-state index is 11.1. The summed E-state index contributed by atoms with van der Waals surface area (Å²) in [6.07, 6.45) is 1.52. The normalized spacial score (nSPS) is 10.3. The fourth-order valence-electron chi connectivity index (χ4n) is 1.50. The van der Waals surface area contributed by atoms with E-state index in [0.29, 0.717) is 19.7 Å². The van der Waals surface area contributed by atoms with Crippen LogP contribution in [-0.4, -0.2) is 29.0 Å². The summed E-state index contributed by atoms with van der Waals surface area (Å²) in [5.74, 6) is 0. The van der Waals surface area contributed by atoms with Crippen LogP contribution in [0.25, 0.3) is 10.6 Å². The molecule has 0 aliphatic heterocycles. The first-order valence-corrected chi connectivity index (χ1v) is 6.65. The largest absolute Gasteiger partial charge is 0.450 e. The maximum Gasteiger partial charge on any atom is 0.407 e. The van der Waals surface area contributed by atoms with Gasteiger partial charge in [0.1, 0.15) is 5.69 Å². The van der Waals surface area contributed by atoms with E-state index in [9.17, 15) is 4.79 Å². The Balaban J connectivity index is 1.82. The molecule has 2 rings (SSSR count). The molecule has 0 atom stereocenters. The molecule has 0 aromatic carbocycles. The van der Waals surface area contributed by atoms with Crippen LogP contribution in [0.15, 0.2) is 29.8 Å². The zero-order valence-corrected chi connectivity index (χ0v) is 10.9. The van der Waals surface area contributed by atoms with Gasteiger partial charge in [-0.05, 0) is 24.4 Å². The lowest BCUT2D eigenvalue weighted by atomic mass is 10.3. The molecular weight excluding hydrogens is 250 g/mol. The monoisotopic (exact) mass is 265 g/mol. The van der Waals surface area contributed by atoms with E-state index in [1.54, 1.807) is 22.9 Å². The molecule has 18 heavy (non-hydrogen) atoms. The van der Waals surface area contributed by atoms with Gasteiger partial charge in [-0.1, -0.05) is 6.07 Å². The number of amides is 1. The summed E-state index contributed by atoms with van der Waals surface area (Å²) in [5, 5.41) is 9.11. The third-order valence-corrected chi connectivity index (χ3v) is 3.19. The summed E-state index contributed by atoms with van der Waals surface area (Å²) >= 11 is 1.66. The van der Waals surface area contributed by atoms with Crippen LogP contribution in [0.1, 0.15) is 6.92 Å². The Bertz CT molecular complexity index is 493. The van der Waals surface area contributed by atoms with Crippen LogP contribution in [0.2, 0.25) is 0 Å². The molecule has 1 amide bonds. The number of carbonyl (C=O) groups excluding carboxylic acids is 1. The number of alkyl carbamates (subject to hydrolysis) is 1. The van der Waals surface area contributed by atoms with E-state index >= 15 is 0 Å². The third-order valence-electron chi connectivity index (χ3n) is 2.30. The van der Waals surface area contributed by atoms with Crippen molar-refractivity contribution < 1.29 is 9.53 Å². The highest BCUT2D eigenvalue weighted by Crippen LogP contribution is 2.22. The van der Waals surface area contributed by atoms with E-state index in [-0.39, 0.29) is 6.09 Å². The van der Waals surface area contributed by atoms with Crippen LogP contribution in [0.4, 0.5) is 4.79 Å². The summed E-state index contributed by atoms with van der Waals surface area (Å²) in [4.78, 5) is 12.2. The van der Waals surface area contributed by atoms with Gasteiger partial charge in [0.05, 0.1) is 18.0 Å². The topological polar surface area (TPSA) is 56.1 Å². The van der Waals surface area contributed by atoms with Crippen molar-refractivity contribution in [2.75, 3.05) is 13.2 Å². The fraction of sp³-hybridized carbons (Fsp3) is 0.333. The minimum absolute atomic E-state index is 0.385. The van der Waals surface area contributed by atoms with Gasteiger partial charge in [0.25, 0.3) is 0 Å². The lowest BCUT2D eigenvalue weighted by Crippen LogP contribution is -2.27. The molecule has 2 aromatic heterocycles. The summed E-state index contributed by atoms with van der Waals surface area (Å²) in [6, 6.07) is 6.01. The van der Waals surface area contributed by atoms with Crippen molar-refractivity contribution in [1.29, 1.82) is 0 Å². The Hall–Kier alpha value is -1.82. The van der Waals surface area contributed by atoms with Crippen LogP contribution >= 0.6 is 11.3 Å². The molecule has 0 aliphatic rings. The highest BCUT2D eigenvalue weighted by Gasteiger charge is 2.03. The van der Waals surface area contributed by atoms with E-state index in [0.717, 1.165) is 10.6 Å². The molecule has 0 saturated carbocycles. The van der Waals surface area contributed by atoms with E-state index in [1.165, 1.54) is 0 Å². The third kappa shape index (κ3) is 3.33. The molecule has 0 saturated heterocycles. The highest BCUT2D eigenvalue weighted by atomic mass is 32.1. The second-order valence-corrected chi connectivity index (χ2v) is 4.54. The van der Waals surface area contributed by atoms with Crippen LogP contribution in [-0.2, 0) is 11.3 Å². The first-order chi connectivity index (χ1) is 8.79. The number of aromatic nitrogens is 2. The van der Waals surface area contributed by atoms with Crippen LogP contribution in [0, 0.1) is 0 Å². The average Bonchev–Trinajstić information content (AvgIpc) is 2.99. The van der Waals surface area contributed by atoms with Gasteiger partial charge in [-0.25, -0.2) is 4.79 Å². The first-order valence-electron chi connectivity index (χ1n) is 5.77. The molecule has 0 bridgehead atoms. The van der Waals surface area contributed by atoms with Crippen LogP contribution in [0.3, 0.4) is 0 Å². The number of ether oxygens (including phenoxy) is 1. The average molecular weight is 265 g/mol. The smallest absolute Gasteiger partial charge is 0.407 e. The number of hydrogen-bond acceptors (Lipinski definition) is 4. The minimum atomic E-state index is -0.386. The summed E-state index contributed by atoms with van der Waals surface area (Å²) < 4.78 is 6.57. The fourth-order valence-corrected chi connectivity index (χ4v) is 2.19. The van der Waals surface area contributed by atoms with Gasteiger partial charge in [0.2, 0.25) is 0 Å². The Labute approximate surface area is 109 Å². The predicted octanol–water partition coefficient (Wildman–Crippen LogP) is 2.36. The van der Waals surface area contributed by atoms with E-state index in [4.69, 9.17) is 4.74 Å². The first kappa shape index (κ1) is 12.6. The number of nitrogens with one attached hydrogen (secondary N) is 1. The minimum Gasteiger partial charge on any atom is -0.450 e. The number of rotatable bonds is 5. The van der Waals surface area contributed by atoms with Gasteiger partial charge in [-0.2, -0.15) is 5.10 Å². The SMILES string of the molecule is CCOC(=O)NCCn1ccc(-c2cccs2)n1. The van der Waals surface area contributed by atoms with E-state index in [2.05, 4.69) is 10.4 Å². The second-order valence-electron chi connectivity index (χ2n) is 3.59. The molecule has 0 fully saturated rings. The van der Waals surface area contributed by atoms with Crippen molar-refractivity contribution >= 4 is 17.4 Å². The molecule has 0 radical (unpaired) electrons. The molecule has 1 N–H and O–H groups in total. The van der Waals surface area contributed by atoms with Gasteiger partial charge in [-0.3, -0.25) is 4.68 Å². The molecule has 0 aliphatic carbocycles. The van der Waals surface area contributed by atoms with Crippen molar-refractivity contribution in [3.63, 3.8) is 0 Å². The van der Waals surface area contributed by atoms with Crippen molar-refractivity contribution in [2.45, 2.75) is 13.5 Å². The van der Waals surface area contributed by atoms with Crippen molar-refractivity contribution in [3.05, 3.63) is 29.8 Å². The summed E-state index contributed by atoms with van der Waals surface area (Å²) in [6.45, 7) is 3.30. The lowest BCUT2D eigenvalue weighted by molar-refractivity contribution is 0.152. The Morgan fingerprint density at radius 3 is 3.17 bits per heavy atom. The molecule has 2 aromatic rings. The second kappa shape index (κ2) is 6.20. The molecule has 6 heteroatoms. The quantitative estimate of drug-likeness (QED) is 0.903. The standard InChI is InChI=1S/C12H15N3O2S/c1-2-17-12(16)13-6-8-15-7-5-10(14-15)11-4-3-9-18-11/h3-5,7,9H,2,6,8H2,1H3,(H,13,16). The number of hydrogen-bond donors (Lipinski definition) is 1. The van der Waals surface area contributed by atoms with E-state index in [1.807, 2.05) is 29.8 Å². The van der Waals surface area contributed by atoms with Crippen LogP contribution < -0.4 is 5.32 Å².